The van der Waals surface area contributed by atoms with E-state index in [9.17, 15) is 18.3 Å². The number of aromatic nitrogens is 2. The van der Waals surface area contributed by atoms with E-state index in [4.69, 9.17) is 11.6 Å². The summed E-state index contributed by atoms with van der Waals surface area (Å²) >= 11 is 6.02. The molecule has 1 unspecified atom stereocenters. The molecule has 1 saturated carbocycles. The van der Waals surface area contributed by atoms with Crippen molar-refractivity contribution < 1.29 is 18.3 Å². The van der Waals surface area contributed by atoms with E-state index in [0.29, 0.717) is 19.3 Å². The number of sulfonamides is 1. The molecule has 1 fully saturated rings. The first-order valence-electron chi connectivity index (χ1n) is 9.09. The monoisotopic (exact) mass is 433 g/mol. The maximum atomic E-state index is 13.0. The molecule has 152 valence electrons. The third kappa shape index (κ3) is 3.26. The fourth-order valence-corrected chi connectivity index (χ4v) is 4.71. The lowest BCUT2D eigenvalue weighted by atomic mass is 9.74. The van der Waals surface area contributed by atoms with E-state index in [-0.39, 0.29) is 10.9 Å². The predicted octanol–water partition coefficient (Wildman–Crippen LogP) is 2.84. The van der Waals surface area contributed by atoms with E-state index in [1.54, 1.807) is 0 Å². The highest BCUT2D eigenvalue weighted by Crippen LogP contribution is 2.62. The highest BCUT2D eigenvalue weighted by Gasteiger charge is 2.65. The number of rotatable bonds is 5. The van der Waals surface area contributed by atoms with Crippen LogP contribution in [-0.4, -0.2) is 35.5 Å². The summed E-state index contributed by atoms with van der Waals surface area (Å²) in [5, 5.41) is 14.8. The van der Waals surface area contributed by atoms with Crippen molar-refractivity contribution in [3.63, 3.8) is 0 Å². The van der Waals surface area contributed by atoms with Gasteiger partial charge in [0.2, 0.25) is 21.8 Å². The van der Waals surface area contributed by atoms with E-state index < -0.39 is 26.9 Å². The molecule has 1 atom stereocenters. The highest BCUT2D eigenvalue weighted by atomic mass is 35.5. The molecule has 9 heteroatoms. The Morgan fingerprint density at radius 3 is 2.45 bits per heavy atom. The molecule has 2 aliphatic rings. The maximum Gasteiger partial charge on any atom is 0.242 e. The van der Waals surface area contributed by atoms with Crippen molar-refractivity contribution in [2.75, 3.05) is 6.26 Å². The second-order valence-electron chi connectivity index (χ2n) is 7.50. The fourth-order valence-electron chi connectivity index (χ4n) is 4.05. The van der Waals surface area contributed by atoms with Crippen molar-refractivity contribution in [2.24, 2.45) is 5.41 Å². The Labute approximate surface area is 173 Å². The SMILES string of the molecule is CS(=O)(=O)NC(=O)C1(C2(n3ncc(Cl)c3O)C=CC(c3ccccc3)=CC2)CC1. The van der Waals surface area contributed by atoms with E-state index in [1.807, 2.05) is 48.6 Å². The fraction of sp³-hybridized carbons (Fsp3) is 0.300. The van der Waals surface area contributed by atoms with Gasteiger partial charge in [0, 0.05) is 0 Å². The standard InChI is InChI=1S/C20H20ClN3O4S/c1-29(27,28)23-18(26)19(11-12-19)20(24-17(25)16(21)13-22-24)9-7-15(8-10-20)14-5-3-2-4-6-14/h2-9,13,25H,10-12H2,1H3,(H,23,26). The van der Waals surface area contributed by atoms with Gasteiger partial charge in [-0.25, -0.2) is 13.1 Å². The summed E-state index contributed by atoms with van der Waals surface area (Å²) in [5.41, 5.74) is -0.140. The van der Waals surface area contributed by atoms with Crippen LogP contribution >= 0.6 is 11.6 Å². The lowest BCUT2D eigenvalue weighted by Crippen LogP contribution is -2.51. The quantitative estimate of drug-likeness (QED) is 0.755. The van der Waals surface area contributed by atoms with Crippen LogP contribution in [0.25, 0.3) is 5.57 Å². The topological polar surface area (TPSA) is 101 Å². The minimum atomic E-state index is -3.73. The van der Waals surface area contributed by atoms with Gasteiger partial charge in [0.1, 0.15) is 10.6 Å². The van der Waals surface area contributed by atoms with E-state index >= 15 is 0 Å². The van der Waals surface area contributed by atoms with Crippen LogP contribution in [0, 0.1) is 5.41 Å². The molecule has 2 N–H and O–H groups in total. The molecule has 0 aliphatic heterocycles. The molecule has 1 heterocycles. The van der Waals surface area contributed by atoms with Gasteiger partial charge in [0.15, 0.2) is 0 Å². The second-order valence-corrected chi connectivity index (χ2v) is 9.66. The third-order valence-electron chi connectivity index (χ3n) is 5.65. The summed E-state index contributed by atoms with van der Waals surface area (Å²) in [6.07, 6.45) is 9.20. The molecule has 1 amide bonds. The molecule has 1 aromatic heterocycles. The van der Waals surface area contributed by atoms with Gasteiger partial charge >= 0.3 is 0 Å². The van der Waals surface area contributed by atoms with Gasteiger partial charge in [0.25, 0.3) is 0 Å². The molecule has 0 bridgehead atoms. The molecule has 0 radical (unpaired) electrons. The van der Waals surface area contributed by atoms with Crippen LogP contribution in [0.3, 0.4) is 0 Å². The highest BCUT2D eigenvalue weighted by molar-refractivity contribution is 7.89. The molecule has 2 aromatic rings. The van der Waals surface area contributed by atoms with Gasteiger partial charge in [-0.2, -0.15) is 5.10 Å². The predicted molar refractivity (Wildman–Crippen MR) is 110 cm³/mol. The van der Waals surface area contributed by atoms with Crippen LogP contribution in [0.5, 0.6) is 5.88 Å². The van der Waals surface area contributed by atoms with Crippen molar-refractivity contribution >= 4 is 33.1 Å². The molecule has 1 aromatic carbocycles. The number of nitrogens with zero attached hydrogens (tertiary/aromatic N) is 2. The average Bonchev–Trinajstić information content (AvgIpc) is 3.44. The number of aromatic hydroxyl groups is 1. The number of carbonyl (C=O) groups is 1. The van der Waals surface area contributed by atoms with Crippen LogP contribution in [0.2, 0.25) is 5.02 Å². The molecule has 29 heavy (non-hydrogen) atoms. The number of benzene rings is 1. The zero-order valence-electron chi connectivity index (χ0n) is 15.7. The normalized spacial score (nSPS) is 22.8. The van der Waals surface area contributed by atoms with Gasteiger partial charge in [-0.3, -0.25) is 9.52 Å². The van der Waals surface area contributed by atoms with Gasteiger partial charge < -0.3 is 5.11 Å². The van der Waals surface area contributed by atoms with Gasteiger partial charge in [0.05, 0.1) is 17.9 Å². The summed E-state index contributed by atoms with van der Waals surface area (Å²) in [6, 6.07) is 9.77. The lowest BCUT2D eigenvalue weighted by molar-refractivity contribution is -0.128. The number of allylic oxidation sites excluding steroid dienone is 4. The van der Waals surface area contributed by atoms with Crippen molar-refractivity contribution in [3.8, 4) is 5.88 Å². The van der Waals surface area contributed by atoms with Crippen molar-refractivity contribution in [3.05, 3.63) is 65.3 Å². The van der Waals surface area contributed by atoms with Crippen LogP contribution < -0.4 is 4.72 Å². The zero-order chi connectivity index (χ0) is 20.9. The number of amides is 1. The largest absolute Gasteiger partial charge is 0.492 e. The van der Waals surface area contributed by atoms with Crippen LogP contribution in [0.15, 0.2) is 54.8 Å². The minimum Gasteiger partial charge on any atom is -0.492 e. The first-order chi connectivity index (χ1) is 13.7. The zero-order valence-corrected chi connectivity index (χ0v) is 17.2. The van der Waals surface area contributed by atoms with Crippen LogP contribution in [-0.2, 0) is 20.4 Å². The molecule has 0 spiro atoms. The lowest BCUT2D eigenvalue weighted by Gasteiger charge is -2.39. The first-order valence-corrected chi connectivity index (χ1v) is 11.4. The van der Waals surface area contributed by atoms with Gasteiger partial charge in [-0.15, -0.1) is 0 Å². The number of nitrogens with one attached hydrogen (secondary N) is 1. The summed E-state index contributed by atoms with van der Waals surface area (Å²) < 4.78 is 26.8. The second kappa shape index (κ2) is 6.74. The van der Waals surface area contributed by atoms with Crippen molar-refractivity contribution in [1.82, 2.24) is 14.5 Å². The van der Waals surface area contributed by atoms with E-state index in [0.717, 1.165) is 17.4 Å². The Kier molecular flexibility index (Phi) is 4.59. The van der Waals surface area contributed by atoms with Crippen LogP contribution in [0.4, 0.5) is 0 Å². The summed E-state index contributed by atoms with van der Waals surface area (Å²) in [7, 11) is -3.73. The Balaban J connectivity index is 1.80. The number of carbonyl (C=O) groups excluding carboxylic acids is 1. The summed E-state index contributed by atoms with van der Waals surface area (Å²) in [5.74, 6) is -0.862. The number of halogens is 1. The molecule has 7 nitrogen and oxygen atoms in total. The Hall–Kier alpha value is -2.58. The van der Waals surface area contributed by atoms with Gasteiger partial charge in [-0.1, -0.05) is 60.2 Å². The average molecular weight is 434 g/mol. The van der Waals surface area contributed by atoms with Crippen molar-refractivity contribution in [1.29, 1.82) is 0 Å². The summed E-state index contributed by atoms with van der Waals surface area (Å²) in [6.45, 7) is 0. The van der Waals surface area contributed by atoms with E-state index in [1.165, 1.54) is 10.9 Å². The molecule has 0 saturated heterocycles. The summed E-state index contributed by atoms with van der Waals surface area (Å²) in [4.78, 5) is 13.0. The number of hydrogen-bond donors (Lipinski definition) is 2. The minimum absolute atomic E-state index is 0.0648. The van der Waals surface area contributed by atoms with Crippen LogP contribution in [0.1, 0.15) is 24.8 Å². The van der Waals surface area contributed by atoms with Crippen molar-refractivity contribution in [2.45, 2.75) is 24.8 Å². The molecule has 2 aliphatic carbocycles. The molecular weight excluding hydrogens is 414 g/mol. The number of hydrogen-bond acceptors (Lipinski definition) is 5. The Morgan fingerprint density at radius 2 is 1.97 bits per heavy atom. The van der Waals surface area contributed by atoms with Gasteiger partial charge in [-0.05, 0) is 30.4 Å². The smallest absolute Gasteiger partial charge is 0.242 e. The third-order valence-corrected chi connectivity index (χ3v) is 6.47. The molecule has 4 rings (SSSR count). The molecular formula is C20H20ClN3O4S. The maximum absolute atomic E-state index is 13.0. The Bertz CT molecular complexity index is 1130. The van der Waals surface area contributed by atoms with E-state index in [2.05, 4.69) is 9.82 Å². The Morgan fingerprint density at radius 1 is 1.28 bits per heavy atom. The first kappa shape index (κ1) is 19.7.